The molecule has 8 heteroatoms. The molecule has 0 radical (unpaired) electrons. The van der Waals surface area contributed by atoms with Crippen molar-refractivity contribution in [1.82, 2.24) is 10.2 Å². The number of carbonyl (C=O) groups excluding carboxylic acids is 2. The van der Waals surface area contributed by atoms with Gasteiger partial charge in [-0.25, -0.2) is 8.42 Å². The van der Waals surface area contributed by atoms with Crippen LogP contribution in [0, 0.1) is 19.8 Å². The summed E-state index contributed by atoms with van der Waals surface area (Å²) in [6.45, 7) is 9.98. The number of sulfonamides is 1. The normalized spacial score (nSPS) is 12.0. The van der Waals surface area contributed by atoms with E-state index in [1.54, 1.807) is 41.3 Å². The Balaban J connectivity index is 1.83. The van der Waals surface area contributed by atoms with E-state index in [2.05, 4.69) is 5.32 Å². The highest BCUT2D eigenvalue weighted by molar-refractivity contribution is 7.92. The van der Waals surface area contributed by atoms with Crippen molar-refractivity contribution < 1.29 is 18.0 Å². The average molecular weight is 640 g/mol. The molecule has 0 aliphatic heterocycles. The van der Waals surface area contributed by atoms with E-state index < -0.39 is 28.5 Å². The lowest BCUT2D eigenvalue weighted by molar-refractivity contribution is -0.140. The fourth-order valence-electron chi connectivity index (χ4n) is 5.39. The second kappa shape index (κ2) is 15.7. The van der Waals surface area contributed by atoms with Gasteiger partial charge in [-0.3, -0.25) is 13.9 Å². The van der Waals surface area contributed by atoms with Gasteiger partial charge in [0.25, 0.3) is 10.0 Å². The molecule has 1 N–H and O–H groups in total. The maximum atomic E-state index is 14.7. The highest BCUT2D eigenvalue weighted by Crippen LogP contribution is 2.29. The quantitative estimate of drug-likeness (QED) is 0.171. The Kier molecular flexibility index (Phi) is 11.8. The molecule has 0 saturated carbocycles. The molecule has 1 atom stereocenters. The summed E-state index contributed by atoms with van der Waals surface area (Å²) in [5.74, 6) is -0.535. The van der Waals surface area contributed by atoms with Gasteiger partial charge >= 0.3 is 0 Å². The zero-order chi connectivity index (χ0) is 33.3. The van der Waals surface area contributed by atoms with Gasteiger partial charge in [-0.1, -0.05) is 117 Å². The van der Waals surface area contributed by atoms with Crippen LogP contribution in [0.1, 0.15) is 48.6 Å². The minimum absolute atomic E-state index is 0.0950. The number of benzene rings is 4. The summed E-state index contributed by atoms with van der Waals surface area (Å²) in [6.07, 6.45) is 0.851. The van der Waals surface area contributed by atoms with E-state index in [-0.39, 0.29) is 29.7 Å². The minimum atomic E-state index is -4.15. The largest absolute Gasteiger partial charge is 0.354 e. The Morgan fingerprint density at radius 1 is 0.783 bits per heavy atom. The zero-order valence-corrected chi connectivity index (χ0v) is 28.3. The van der Waals surface area contributed by atoms with Crippen LogP contribution in [0.3, 0.4) is 0 Å². The van der Waals surface area contributed by atoms with Crippen LogP contribution in [-0.4, -0.2) is 44.3 Å². The summed E-state index contributed by atoms with van der Waals surface area (Å²) in [5.41, 5.74) is 4.94. The molecule has 0 spiro atoms. The predicted molar refractivity (Wildman–Crippen MR) is 185 cm³/mol. The minimum Gasteiger partial charge on any atom is -0.354 e. The van der Waals surface area contributed by atoms with Gasteiger partial charge < -0.3 is 10.2 Å². The Bertz CT molecular complexity index is 1720. The van der Waals surface area contributed by atoms with Gasteiger partial charge in [0, 0.05) is 19.5 Å². The van der Waals surface area contributed by atoms with E-state index in [1.165, 1.54) is 4.31 Å². The lowest BCUT2D eigenvalue weighted by Gasteiger charge is -2.34. The Morgan fingerprint density at radius 3 is 2.09 bits per heavy atom. The summed E-state index contributed by atoms with van der Waals surface area (Å²) in [5, 5.41) is 3.03. The molecule has 2 amide bonds. The first-order chi connectivity index (χ1) is 22.0. The van der Waals surface area contributed by atoms with Crippen molar-refractivity contribution in [3.8, 4) is 0 Å². The highest BCUT2D eigenvalue weighted by atomic mass is 32.2. The molecule has 0 unspecified atom stereocenters. The molecule has 0 fully saturated rings. The van der Waals surface area contributed by atoms with Gasteiger partial charge in [-0.05, 0) is 61.1 Å². The fourth-order valence-corrected chi connectivity index (χ4v) is 6.84. The van der Waals surface area contributed by atoms with Crippen molar-refractivity contribution in [2.75, 3.05) is 17.4 Å². The number of hydrogen-bond acceptors (Lipinski definition) is 4. The fraction of sp³-hybridized carbons (Fsp3) is 0.316. The van der Waals surface area contributed by atoms with Gasteiger partial charge in [0.15, 0.2) is 0 Å². The highest BCUT2D eigenvalue weighted by Gasteiger charge is 2.35. The lowest BCUT2D eigenvalue weighted by Crippen LogP contribution is -2.53. The molecule has 4 rings (SSSR count). The molecule has 7 nitrogen and oxygen atoms in total. The van der Waals surface area contributed by atoms with Gasteiger partial charge in [0.1, 0.15) is 12.6 Å². The van der Waals surface area contributed by atoms with Crippen molar-refractivity contribution in [3.63, 3.8) is 0 Å². The molecule has 0 heterocycles. The molecular weight excluding hydrogens is 595 g/mol. The standard InChI is InChI=1S/C38H45N3O4S/c1-6-33-17-10-11-18-35(33)41(46(44,45)34-21-19-29(4)20-22-34)27-37(42)40(26-32-16-12-13-30(5)23-32)36(38(43)39-25-28(2)3)24-31-14-8-7-9-15-31/h7-23,28,36H,6,24-27H2,1-5H3,(H,39,43)/t36-/m1/s1. The van der Waals surface area contributed by atoms with Crippen LogP contribution >= 0.6 is 0 Å². The summed E-state index contributed by atoms with van der Waals surface area (Å²) >= 11 is 0. The van der Waals surface area contributed by atoms with Crippen molar-refractivity contribution in [3.05, 3.63) is 131 Å². The number of nitrogens with one attached hydrogen (secondary N) is 1. The number of anilines is 1. The second-order valence-corrected chi connectivity index (χ2v) is 14.0. The van der Waals surface area contributed by atoms with E-state index in [4.69, 9.17) is 0 Å². The van der Waals surface area contributed by atoms with Crippen LogP contribution in [0.25, 0.3) is 0 Å². The first kappa shape index (κ1) is 34.4. The molecule has 0 bridgehead atoms. The predicted octanol–water partition coefficient (Wildman–Crippen LogP) is 6.47. The summed E-state index contributed by atoms with van der Waals surface area (Å²) < 4.78 is 29.8. The number of para-hydroxylation sites is 1. The molecule has 242 valence electrons. The van der Waals surface area contributed by atoms with Crippen molar-refractivity contribution in [2.24, 2.45) is 5.92 Å². The Labute approximate surface area is 274 Å². The summed E-state index contributed by atoms with van der Waals surface area (Å²) in [7, 11) is -4.15. The van der Waals surface area contributed by atoms with E-state index in [1.807, 2.05) is 101 Å². The van der Waals surface area contributed by atoms with E-state index in [0.29, 0.717) is 18.7 Å². The van der Waals surface area contributed by atoms with Crippen LogP contribution in [-0.2, 0) is 39.0 Å². The second-order valence-electron chi connectivity index (χ2n) is 12.2. The number of hydrogen-bond donors (Lipinski definition) is 1. The Hall–Kier alpha value is -4.43. The SMILES string of the molecule is CCc1ccccc1N(CC(=O)N(Cc1cccc(C)c1)[C@H](Cc1ccccc1)C(=O)NCC(C)C)S(=O)(=O)c1ccc(C)cc1. The molecule has 4 aromatic carbocycles. The molecule has 0 aliphatic rings. The van der Waals surface area contributed by atoms with E-state index >= 15 is 0 Å². The van der Waals surface area contributed by atoms with E-state index in [9.17, 15) is 18.0 Å². The molecule has 0 saturated heterocycles. The molecule has 0 aliphatic carbocycles. The van der Waals surface area contributed by atoms with Crippen LogP contribution < -0.4 is 9.62 Å². The number of amides is 2. The van der Waals surface area contributed by atoms with Gasteiger partial charge in [-0.15, -0.1) is 0 Å². The summed E-state index contributed by atoms with van der Waals surface area (Å²) in [6, 6.07) is 30.4. The molecular formula is C38H45N3O4S. The van der Waals surface area contributed by atoms with Crippen molar-refractivity contribution >= 4 is 27.5 Å². The average Bonchev–Trinajstić information content (AvgIpc) is 3.04. The van der Waals surface area contributed by atoms with Gasteiger partial charge in [0.2, 0.25) is 11.8 Å². The van der Waals surface area contributed by atoms with Crippen LogP contribution in [0.15, 0.2) is 108 Å². The third-order valence-corrected chi connectivity index (χ3v) is 9.69. The molecule has 0 aromatic heterocycles. The van der Waals surface area contributed by atoms with Crippen LogP contribution in [0.5, 0.6) is 0 Å². The maximum Gasteiger partial charge on any atom is 0.264 e. The van der Waals surface area contributed by atoms with Crippen molar-refractivity contribution in [2.45, 2.75) is 64.9 Å². The van der Waals surface area contributed by atoms with E-state index in [0.717, 1.165) is 27.8 Å². The smallest absolute Gasteiger partial charge is 0.264 e. The number of aryl methyl sites for hydroxylation is 3. The Morgan fingerprint density at radius 2 is 1.43 bits per heavy atom. The monoisotopic (exact) mass is 639 g/mol. The van der Waals surface area contributed by atoms with Crippen LogP contribution in [0.2, 0.25) is 0 Å². The first-order valence-electron chi connectivity index (χ1n) is 15.8. The molecule has 46 heavy (non-hydrogen) atoms. The third-order valence-electron chi connectivity index (χ3n) is 7.92. The zero-order valence-electron chi connectivity index (χ0n) is 27.4. The lowest BCUT2D eigenvalue weighted by atomic mass is 10.0. The first-order valence-corrected chi connectivity index (χ1v) is 17.3. The number of carbonyl (C=O) groups is 2. The third kappa shape index (κ3) is 8.85. The maximum absolute atomic E-state index is 14.7. The number of rotatable bonds is 14. The summed E-state index contributed by atoms with van der Waals surface area (Å²) in [4.78, 5) is 30.2. The van der Waals surface area contributed by atoms with Crippen LogP contribution in [0.4, 0.5) is 5.69 Å². The van der Waals surface area contributed by atoms with Gasteiger partial charge in [0.05, 0.1) is 10.6 Å². The molecule has 4 aromatic rings. The topological polar surface area (TPSA) is 86.8 Å². The van der Waals surface area contributed by atoms with Crippen molar-refractivity contribution in [1.29, 1.82) is 0 Å². The number of nitrogens with zero attached hydrogens (tertiary/aromatic N) is 2. The van der Waals surface area contributed by atoms with Gasteiger partial charge in [-0.2, -0.15) is 0 Å².